The van der Waals surface area contributed by atoms with Gasteiger partial charge in [-0.1, -0.05) is 59.6 Å². The molecule has 12 nitrogen and oxygen atoms in total. The average molecular weight is 772 g/mol. The number of urea groups is 1. The zero-order chi connectivity index (χ0) is 38.5. The molecule has 2 aliphatic heterocycles. The average Bonchev–Trinajstić information content (AvgIpc) is 3.55. The molecule has 0 bridgehead atoms. The number of benzene rings is 4. The second kappa shape index (κ2) is 16.9. The number of carbonyl (C=O) groups is 3. The van der Waals surface area contributed by atoms with E-state index in [1.54, 1.807) is 53.3 Å². The Bertz CT molecular complexity index is 2010. The molecule has 6 rings (SSSR count). The molecule has 1 saturated heterocycles. The molecule has 0 aliphatic carbocycles. The summed E-state index contributed by atoms with van der Waals surface area (Å²) in [5.41, 5.74) is 2.81. The van der Waals surface area contributed by atoms with Gasteiger partial charge in [-0.15, -0.1) is 0 Å². The topological polar surface area (TPSA) is 144 Å². The van der Waals surface area contributed by atoms with Crippen molar-refractivity contribution in [3.8, 4) is 11.5 Å². The number of rotatable bonds is 11. The van der Waals surface area contributed by atoms with E-state index in [1.807, 2.05) is 44.2 Å². The highest BCUT2D eigenvalue weighted by Gasteiger charge is 2.45. The minimum Gasteiger partial charge on any atom is -0.497 e. The molecular weight excluding hydrogens is 732 g/mol. The van der Waals surface area contributed by atoms with Crippen molar-refractivity contribution in [2.75, 3.05) is 39.8 Å². The summed E-state index contributed by atoms with van der Waals surface area (Å²) in [4.78, 5) is 51.1. The van der Waals surface area contributed by atoms with Gasteiger partial charge in [0.15, 0.2) is 0 Å². The largest absolute Gasteiger partial charge is 0.497 e. The predicted molar refractivity (Wildman–Crippen MR) is 208 cm³/mol. The lowest BCUT2D eigenvalue weighted by atomic mass is 9.80. The molecule has 4 aromatic rings. The van der Waals surface area contributed by atoms with Crippen LogP contribution in [0.4, 0.5) is 4.79 Å². The quantitative estimate of drug-likeness (QED) is 0.188. The maximum Gasteiger partial charge on any atom is 0.488 e. The highest BCUT2D eigenvalue weighted by molar-refractivity contribution is 6.58. The molecule has 0 aromatic heterocycles. The Morgan fingerprint density at radius 1 is 0.926 bits per heavy atom. The highest BCUT2D eigenvalue weighted by atomic mass is 35.5. The Labute approximate surface area is 324 Å². The lowest BCUT2D eigenvalue weighted by Crippen LogP contribution is -2.57. The summed E-state index contributed by atoms with van der Waals surface area (Å²) in [5.74, 6) is 0.800. The first-order chi connectivity index (χ1) is 25.9. The third-order valence-electron chi connectivity index (χ3n) is 9.22. The van der Waals surface area contributed by atoms with Gasteiger partial charge in [-0.2, -0.15) is 0 Å². The van der Waals surface area contributed by atoms with Crippen molar-refractivity contribution in [2.45, 2.75) is 32.0 Å². The Morgan fingerprint density at radius 2 is 1.57 bits per heavy atom. The molecule has 0 radical (unpaired) electrons. The second-order valence-corrected chi connectivity index (χ2v) is 14.1. The Hall–Kier alpha value is -5.08. The molecule has 1 fully saturated rings. The van der Waals surface area contributed by atoms with Crippen molar-refractivity contribution < 1.29 is 33.9 Å². The lowest BCUT2D eigenvalue weighted by molar-refractivity contribution is -0.134. The van der Waals surface area contributed by atoms with E-state index in [1.165, 1.54) is 29.2 Å². The maximum atomic E-state index is 14.9. The van der Waals surface area contributed by atoms with Crippen LogP contribution in [-0.2, 0) is 4.79 Å². The van der Waals surface area contributed by atoms with Crippen LogP contribution in [0.3, 0.4) is 0 Å². The number of hydrogen-bond donors (Lipinski definition) is 3. The van der Waals surface area contributed by atoms with Crippen LogP contribution >= 0.6 is 23.2 Å². The second-order valence-electron chi connectivity index (χ2n) is 13.2. The van der Waals surface area contributed by atoms with E-state index >= 15 is 0 Å². The molecule has 15 heteroatoms. The number of nitrogens with zero attached hydrogens (tertiary/aromatic N) is 4. The number of piperazine rings is 1. The SMILES string of the molecule is COc1ccc(C2=N[C@H](c3ccc(Cl)cc3)[C@@H](c3ccc(Cl)cc3)N2C(=O)N2CCN(CCNC(=O)c3ccc(B(O)O)cc3)C(=O)C2)c(OC(C)C)c1. The van der Waals surface area contributed by atoms with Crippen LogP contribution in [0.25, 0.3) is 0 Å². The van der Waals surface area contributed by atoms with Crippen LogP contribution in [0, 0.1) is 0 Å². The number of nitrogens with one attached hydrogen (secondary N) is 1. The molecule has 4 amide bonds. The molecule has 54 heavy (non-hydrogen) atoms. The number of hydrogen-bond acceptors (Lipinski definition) is 8. The Kier molecular flexibility index (Phi) is 12.1. The van der Waals surface area contributed by atoms with Crippen molar-refractivity contribution >= 4 is 59.5 Å². The molecule has 2 atom stereocenters. The van der Waals surface area contributed by atoms with Gasteiger partial charge in [0.2, 0.25) is 5.91 Å². The van der Waals surface area contributed by atoms with Gasteiger partial charge in [0, 0.05) is 47.9 Å². The molecular formula is C39H40BCl2N5O7. The van der Waals surface area contributed by atoms with Crippen LogP contribution < -0.4 is 20.3 Å². The van der Waals surface area contributed by atoms with E-state index in [9.17, 15) is 24.4 Å². The first-order valence-electron chi connectivity index (χ1n) is 17.5. The van der Waals surface area contributed by atoms with Crippen molar-refractivity contribution in [1.82, 2.24) is 20.0 Å². The molecule has 3 N–H and O–H groups in total. The third-order valence-corrected chi connectivity index (χ3v) is 9.72. The molecule has 280 valence electrons. The van der Waals surface area contributed by atoms with Crippen LogP contribution in [0.5, 0.6) is 11.5 Å². The number of amidine groups is 1. The van der Waals surface area contributed by atoms with E-state index in [0.29, 0.717) is 38.5 Å². The highest BCUT2D eigenvalue weighted by Crippen LogP contribution is 2.46. The summed E-state index contributed by atoms with van der Waals surface area (Å²) in [5, 5.41) is 22.5. The number of carbonyl (C=O) groups excluding carboxylic acids is 3. The maximum absolute atomic E-state index is 14.9. The number of amides is 4. The molecule has 0 spiro atoms. The van der Waals surface area contributed by atoms with Gasteiger partial charge in [-0.3, -0.25) is 19.5 Å². The standard InChI is InChI=1S/C39H40BCl2N5O7/c1-24(2)54-33-22-31(53-3)16-17-32(33)37-44-35(25-6-12-29(41)13-7-25)36(26-8-14-30(42)15-9-26)47(37)39(50)46-21-20-45(34(48)23-46)19-18-43-38(49)27-4-10-28(11-5-27)40(51)52/h4-17,22,24,35-36,51-52H,18-21,23H2,1-3H3,(H,43,49)/t35-,36-/m1/s1. The van der Waals surface area contributed by atoms with Crippen LogP contribution in [0.15, 0.2) is 96.0 Å². The molecule has 2 heterocycles. The van der Waals surface area contributed by atoms with Gasteiger partial charge >= 0.3 is 13.1 Å². The van der Waals surface area contributed by atoms with Crippen LogP contribution in [-0.4, -0.2) is 101 Å². The molecule has 2 aliphatic rings. The summed E-state index contributed by atoms with van der Waals surface area (Å²) >= 11 is 12.6. The fourth-order valence-electron chi connectivity index (χ4n) is 6.49. The van der Waals surface area contributed by atoms with Crippen LogP contribution in [0.1, 0.15) is 53.0 Å². The van der Waals surface area contributed by atoms with E-state index in [4.69, 9.17) is 37.7 Å². The van der Waals surface area contributed by atoms with Gasteiger partial charge in [-0.25, -0.2) is 4.79 Å². The summed E-state index contributed by atoms with van der Waals surface area (Å²) < 4.78 is 11.8. The fourth-order valence-corrected chi connectivity index (χ4v) is 6.75. The van der Waals surface area contributed by atoms with Crippen molar-refractivity contribution in [1.29, 1.82) is 0 Å². The number of ether oxygens (including phenoxy) is 2. The lowest BCUT2D eigenvalue weighted by Gasteiger charge is -2.38. The monoisotopic (exact) mass is 771 g/mol. The molecule has 4 aromatic carbocycles. The molecule has 0 saturated carbocycles. The summed E-state index contributed by atoms with van der Waals surface area (Å²) in [6, 6.07) is 24.3. The minimum absolute atomic E-state index is 0.182. The minimum atomic E-state index is -1.63. The van der Waals surface area contributed by atoms with Gasteiger partial charge in [0.05, 0.1) is 24.8 Å². The number of aliphatic imine (C=N–C) groups is 1. The van der Waals surface area contributed by atoms with Gasteiger partial charge < -0.3 is 34.6 Å². The fraction of sp³-hybridized carbons (Fsp3) is 0.282. The van der Waals surface area contributed by atoms with Crippen LogP contribution in [0.2, 0.25) is 10.0 Å². The molecule has 0 unspecified atom stereocenters. The number of methoxy groups -OCH3 is 1. The smallest absolute Gasteiger partial charge is 0.488 e. The van der Waals surface area contributed by atoms with Crippen molar-refractivity contribution in [3.05, 3.63) is 123 Å². The predicted octanol–water partition coefficient (Wildman–Crippen LogP) is 4.71. The first kappa shape index (κ1) is 38.6. The van der Waals surface area contributed by atoms with Crippen molar-refractivity contribution in [3.63, 3.8) is 0 Å². The summed E-state index contributed by atoms with van der Waals surface area (Å²) in [6.07, 6.45) is -0.197. The first-order valence-corrected chi connectivity index (χ1v) is 18.2. The Balaban J connectivity index is 1.27. The van der Waals surface area contributed by atoms with E-state index in [2.05, 4.69) is 5.32 Å². The van der Waals surface area contributed by atoms with Gasteiger partial charge in [0.25, 0.3) is 5.91 Å². The summed E-state index contributed by atoms with van der Waals surface area (Å²) in [6.45, 7) is 4.55. The zero-order valence-electron chi connectivity index (χ0n) is 30.0. The van der Waals surface area contributed by atoms with E-state index in [-0.39, 0.29) is 56.1 Å². The van der Waals surface area contributed by atoms with E-state index in [0.717, 1.165) is 11.1 Å². The summed E-state index contributed by atoms with van der Waals surface area (Å²) in [7, 11) is -0.0611. The van der Waals surface area contributed by atoms with Gasteiger partial charge in [0.1, 0.15) is 29.9 Å². The van der Waals surface area contributed by atoms with Gasteiger partial charge in [-0.05, 0) is 79.0 Å². The van der Waals surface area contributed by atoms with E-state index < -0.39 is 25.2 Å². The number of halogens is 2. The third kappa shape index (κ3) is 8.66. The van der Waals surface area contributed by atoms with Crippen molar-refractivity contribution in [2.24, 2.45) is 4.99 Å². The Morgan fingerprint density at radius 3 is 2.17 bits per heavy atom. The zero-order valence-corrected chi connectivity index (χ0v) is 31.5. The normalized spacial score (nSPS) is 17.1.